The second kappa shape index (κ2) is 5.58. The Bertz CT molecular complexity index is 605. The highest BCUT2D eigenvalue weighted by Crippen LogP contribution is 2.13. The van der Waals surface area contributed by atoms with Gasteiger partial charge in [0.05, 0.1) is 16.8 Å². The van der Waals surface area contributed by atoms with Gasteiger partial charge in [0, 0.05) is 17.7 Å². The number of non-ortho nitro benzene ring substituents is 1. The maximum Gasteiger partial charge on any atom is 0.270 e. The minimum atomic E-state index is -0.557. The molecule has 96 valence electrons. The number of carbonyl (C=O) groups excluding carboxylic acids is 1. The molecule has 1 aromatic carbocycles. The fraction of sp³-hybridized carbons (Fsp3) is 0. The Hall–Kier alpha value is -2.96. The van der Waals surface area contributed by atoms with Crippen molar-refractivity contribution < 1.29 is 14.6 Å². The van der Waals surface area contributed by atoms with Crippen LogP contribution in [0.3, 0.4) is 0 Å². The summed E-state index contributed by atoms with van der Waals surface area (Å²) in [7, 11) is 0. The van der Waals surface area contributed by atoms with Gasteiger partial charge in [-0.15, -0.1) is 0 Å². The zero-order valence-electron chi connectivity index (χ0n) is 9.65. The van der Waals surface area contributed by atoms with E-state index in [0.717, 1.165) is 0 Å². The van der Waals surface area contributed by atoms with E-state index in [1.807, 2.05) is 0 Å². The van der Waals surface area contributed by atoms with Crippen LogP contribution in [0.25, 0.3) is 0 Å². The molecule has 0 aliphatic carbocycles. The predicted molar refractivity (Wildman–Crippen MR) is 67.4 cm³/mol. The fourth-order valence-electron chi connectivity index (χ4n) is 1.38. The van der Waals surface area contributed by atoms with Crippen LogP contribution in [-0.2, 0) is 4.84 Å². The largest absolute Gasteiger partial charge is 0.363 e. The van der Waals surface area contributed by atoms with Crippen LogP contribution in [0.5, 0.6) is 0 Å². The molecule has 0 saturated carbocycles. The summed E-state index contributed by atoms with van der Waals surface area (Å²) in [6, 6.07) is 5.46. The van der Waals surface area contributed by atoms with Crippen molar-refractivity contribution in [3.63, 3.8) is 0 Å². The Balaban J connectivity index is 2.14. The van der Waals surface area contributed by atoms with E-state index in [1.165, 1.54) is 36.7 Å². The molecule has 2 rings (SSSR count). The molecule has 0 saturated heterocycles. The number of nitro groups is 1. The molecule has 1 aliphatic heterocycles. The van der Waals surface area contributed by atoms with Crippen molar-refractivity contribution in [2.24, 2.45) is 5.16 Å². The zero-order valence-corrected chi connectivity index (χ0v) is 9.65. The maximum atomic E-state index is 11.9. The Morgan fingerprint density at radius 3 is 3.05 bits per heavy atom. The van der Waals surface area contributed by atoms with Gasteiger partial charge in [0.2, 0.25) is 0 Å². The SMILES string of the molecule is O=C(NC1=CON=CC=C1)c1cccc([N+](=O)[O-])c1. The molecular formula is C12H9N3O4. The third-order valence-corrected chi connectivity index (χ3v) is 2.24. The molecule has 1 amide bonds. The van der Waals surface area contributed by atoms with E-state index < -0.39 is 10.8 Å². The van der Waals surface area contributed by atoms with Crippen LogP contribution in [-0.4, -0.2) is 17.0 Å². The van der Waals surface area contributed by atoms with E-state index in [-0.39, 0.29) is 11.3 Å². The molecule has 1 N–H and O–H groups in total. The number of rotatable bonds is 3. The molecule has 0 unspecified atom stereocenters. The molecule has 19 heavy (non-hydrogen) atoms. The summed E-state index contributed by atoms with van der Waals surface area (Å²) in [5.74, 6) is -0.467. The predicted octanol–water partition coefficient (Wildman–Crippen LogP) is 1.74. The van der Waals surface area contributed by atoms with Crippen LogP contribution in [0.4, 0.5) is 5.69 Å². The lowest BCUT2D eigenvalue weighted by molar-refractivity contribution is -0.384. The van der Waals surface area contributed by atoms with E-state index >= 15 is 0 Å². The highest BCUT2D eigenvalue weighted by atomic mass is 16.6. The highest BCUT2D eigenvalue weighted by molar-refractivity contribution is 5.96. The molecule has 0 spiro atoms. The van der Waals surface area contributed by atoms with Gasteiger partial charge in [-0.1, -0.05) is 11.2 Å². The molecule has 0 fully saturated rings. The van der Waals surface area contributed by atoms with Crippen LogP contribution in [0.15, 0.2) is 53.5 Å². The number of carbonyl (C=O) groups is 1. The number of hydrogen-bond donors (Lipinski definition) is 1. The summed E-state index contributed by atoms with van der Waals surface area (Å²) in [5, 5.41) is 16.7. The smallest absolute Gasteiger partial charge is 0.270 e. The minimum absolute atomic E-state index is 0.141. The number of nitro benzene ring substituents is 1. The Morgan fingerprint density at radius 2 is 2.26 bits per heavy atom. The van der Waals surface area contributed by atoms with E-state index in [2.05, 4.69) is 10.5 Å². The zero-order chi connectivity index (χ0) is 13.7. The van der Waals surface area contributed by atoms with Crippen LogP contribution in [0.1, 0.15) is 10.4 Å². The van der Waals surface area contributed by atoms with Gasteiger partial charge in [0.15, 0.2) is 0 Å². The summed E-state index contributed by atoms with van der Waals surface area (Å²) in [4.78, 5) is 26.7. The number of hydrogen-bond acceptors (Lipinski definition) is 5. The quantitative estimate of drug-likeness (QED) is 0.660. The summed E-state index contributed by atoms with van der Waals surface area (Å²) >= 11 is 0. The third-order valence-electron chi connectivity index (χ3n) is 2.24. The second-order valence-electron chi connectivity index (χ2n) is 3.55. The molecule has 0 atom stereocenters. The summed E-state index contributed by atoms with van der Waals surface area (Å²) in [6.45, 7) is 0. The van der Waals surface area contributed by atoms with Gasteiger partial charge >= 0.3 is 0 Å². The summed E-state index contributed by atoms with van der Waals surface area (Å²) in [5.41, 5.74) is 0.445. The Labute approximate surface area is 108 Å². The maximum absolute atomic E-state index is 11.9. The number of allylic oxidation sites excluding steroid dienone is 2. The molecule has 0 bridgehead atoms. The molecule has 7 heteroatoms. The van der Waals surface area contributed by atoms with Crippen molar-refractivity contribution in [3.05, 3.63) is 64.1 Å². The monoisotopic (exact) mass is 259 g/mol. The van der Waals surface area contributed by atoms with Gasteiger partial charge in [0.25, 0.3) is 11.6 Å². The lowest BCUT2D eigenvalue weighted by atomic mass is 10.2. The normalized spacial score (nSPS) is 13.2. The van der Waals surface area contributed by atoms with Crippen molar-refractivity contribution in [2.75, 3.05) is 0 Å². The summed E-state index contributed by atoms with van der Waals surface area (Å²) in [6.07, 6.45) is 5.86. The number of amides is 1. The minimum Gasteiger partial charge on any atom is -0.363 e. The average Bonchev–Trinajstić information content (AvgIpc) is 2.67. The van der Waals surface area contributed by atoms with Gasteiger partial charge in [-0.2, -0.15) is 0 Å². The number of benzene rings is 1. The molecular weight excluding hydrogens is 250 g/mol. The molecule has 0 radical (unpaired) electrons. The molecule has 1 heterocycles. The van der Waals surface area contributed by atoms with Gasteiger partial charge in [0.1, 0.15) is 6.26 Å². The number of oxime groups is 1. The lowest BCUT2D eigenvalue weighted by Crippen LogP contribution is -2.22. The fourth-order valence-corrected chi connectivity index (χ4v) is 1.38. The van der Waals surface area contributed by atoms with E-state index in [9.17, 15) is 14.9 Å². The van der Waals surface area contributed by atoms with Crippen molar-refractivity contribution in [1.29, 1.82) is 0 Å². The van der Waals surface area contributed by atoms with E-state index in [0.29, 0.717) is 5.70 Å². The van der Waals surface area contributed by atoms with E-state index in [1.54, 1.807) is 12.2 Å². The van der Waals surface area contributed by atoms with Gasteiger partial charge in [-0.25, -0.2) is 0 Å². The van der Waals surface area contributed by atoms with Crippen molar-refractivity contribution in [1.82, 2.24) is 5.32 Å². The van der Waals surface area contributed by atoms with Crippen molar-refractivity contribution in [3.8, 4) is 0 Å². The molecule has 1 aliphatic rings. The van der Waals surface area contributed by atoms with Crippen LogP contribution >= 0.6 is 0 Å². The Kier molecular flexibility index (Phi) is 3.67. The van der Waals surface area contributed by atoms with Gasteiger partial charge in [-0.05, 0) is 18.2 Å². The van der Waals surface area contributed by atoms with Crippen LogP contribution in [0, 0.1) is 10.1 Å². The van der Waals surface area contributed by atoms with Crippen LogP contribution in [0.2, 0.25) is 0 Å². The second-order valence-corrected chi connectivity index (χ2v) is 3.55. The number of nitrogens with zero attached hydrogens (tertiary/aromatic N) is 2. The topological polar surface area (TPSA) is 93.8 Å². The molecule has 1 aromatic rings. The average molecular weight is 259 g/mol. The van der Waals surface area contributed by atoms with Crippen molar-refractivity contribution >= 4 is 17.8 Å². The van der Waals surface area contributed by atoms with Crippen LogP contribution < -0.4 is 5.32 Å². The first-order valence-corrected chi connectivity index (χ1v) is 5.28. The summed E-state index contributed by atoms with van der Waals surface area (Å²) < 4.78 is 0. The first kappa shape index (κ1) is 12.5. The van der Waals surface area contributed by atoms with E-state index in [4.69, 9.17) is 4.84 Å². The first-order chi connectivity index (χ1) is 9.16. The Morgan fingerprint density at radius 1 is 1.42 bits per heavy atom. The highest BCUT2D eigenvalue weighted by Gasteiger charge is 2.12. The first-order valence-electron chi connectivity index (χ1n) is 5.28. The van der Waals surface area contributed by atoms with Gasteiger partial charge < -0.3 is 10.2 Å². The molecule has 0 aromatic heterocycles. The van der Waals surface area contributed by atoms with Crippen molar-refractivity contribution in [2.45, 2.75) is 0 Å². The number of nitrogens with one attached hydrogen (secondary N) is 1. The lowest BCUT2D eigenvalue weighted by Gasteiger charge is -2.04. The standard InChI is InChI=1S/C12H9N3O4/c16-12(14-10-4-2-6-13-19-8-10)9-3-1-5-11(7-9)15(17)18/h1-8H,(H,14,16). The van der Waals surface area contributed by atoms with Gasteiger partial charge in [-0.3, -0.25) is 14.9 Å². The third kappa shape index (κ3) is 3.25. The molecule has 7 nitrogen and oxygen atoms in total.